The first kappa shape index (κ1) is 25.2. The van der Waals surface area contributed by atoms with Crippen LogP contribution >= 0.6 is 0 Å². The molecule has 6 rings (SSSR count). The molecular weight excluding hydrogens is 468 g/mol. The molecule has 7 heteroatoms. The summed E-state index contributed by atoms with van der Waals surface area (Å²) in [6, 6.07) is 3.47. The van der Waals surface area contributed by atoms with Crippen LogP contribution in [0, 0.1) is 28.6 Å². The van der Waals surface area contributed by atoms with Crippen molar-refractivity contribution in [1.82, 2.24) is 10.2 Å². The number of aliphatic hydroxyl groups excluding tert-OH is 1. The largest absolute Gasteiger partial charge is 0.446 e. The lowest BCUT2D eigenvalue weighted by Crippen LogP contribution is -2.55. The second-order valence-electron chi connectivity index (χ2n) is 12.8. The molecule has 2 N–H and O–H groups in total. The van der Waals surface area contributed by atoms with Crippen molar-refractivity contribution in [1.29, 1.82) is 0 Å². The van der Waals surface area contributed by atoms with Gasteiger partial charge in [0.1, 0.15) is 6.10 Å². The Kier molecular flexibility index (Phi) is 6.51. The van der Waals surface area contributed by atoms with Gasteiger partial charge >= 0.3 is 11.7 Å². The van der Waals surface area contributed by atoms with E-state index in [0.29, 0.717) is 48.7 Å². The van der Waals surface area contributed by atoms with Crippen LogP contribution in [0.3, 0.4) is 0 Å². The standard InChI is InChI=1S/C30H42N2O5/c1-29-11-9-22(37-28(35)32-14-13-31-21(16-32)17-33)15-20(29)4-5-23-25-7-6-24(19-3-8-27(34)36-18-19)30(25,2)12-10-26(23)29/h3,7-8,18,20-24,26,31,33H,4-6,9-17H2,1-2H3/t20?,21-,22?,23?,24?,26?,29?,30?/m0/s1. The molecule has 1 aromatic heterocycles. The molecule has 8 atom stereocenters. The van der Waals surface area contributed by atoms with Crippen LogP contribution in [-0.4, -0.2) is 54.5 Å². The molecule has 2 heterocycles. The van der Waals surface area contributed by atoms with Crippen molar-refractivity contribution in [3.05, 3.63) is 46.0 Å². The quantitative estimate of drug-likeness (QED) is 0.584. The van der Waals surface area contributed by atoms with Crippen molar-refractivity contribution in [2.45, 2.75) is 83.3 Å². The lowest BCUT2D eigenvalue weighted by atomic mass is 9.46. The number of carbonyl (C=O) groups is 1. The predicted molar refractivity (Wildman–Crippen MR) is 140 cm³/mol. The summed E-state index contributed by atoms with van der Waals surface area (Å²) in [4.78, 5) is 26.2. The van der Waals surface area contributed by atoms with E-state index in [1.807, 2.05) is 6.07 Å². The van der Waals surface area contributed by atoms with E-state index in [9.17, 15) is 14.7 Å². The van der Waals surface area contributed by atoms with E-state index in [-0.39, 0.29) is 35.9 Å². The average Bonchev–Trinajstić information content (AvgIpc) is 3.26. The van der Waals surface area contributed by atoms with E-state index in [0.717, 1.165) is 31.2 Å². The van der Waals surface area contributed by atoms with Crippen molar-refractivity contribution in [3.8, 4) is 0 Å². The van der Waals surface area contributed by atoms with Crippen LogP contribution in [0.2, 0.25) is 0 Å². The first-order valence-electron chi connectivity index (χ1n) is 14.4. The highest BCUT2D eigenvalue weighted by atomic mass is 16.6. The molecule has 37 heavy (non-hydrogen) atoms. The highest BCUT2D eigenvalue weighted by Gasteiger charge is 2.58. The molecule has 0 bridgehead atoms. The van der Waals surface area contributed by atoms with E-state index < -0.39 is 0 Å². The summed E-state index contributed by atoms with van der Waals surface area (Å²) in [6.45, 7) is 6.85. The van der Waals surface area contributed by atoms with Crippen LogP contribution in [0.25, 0.3) is 0 Å². The molecule has 3 saturated carbocycles. The van der Waals surface area contributed by atoms with Crippen molar-refractivity contribution in [2.75, 3.05) is 26.2 Å². The van der Waals surface area contributed by atoms with Gasteiger partial charge in [0.25, 0.3) is 0 Å². The fourth-order valence-corrected chi connectivity index (χ4v) is 9.06. The number of rotatable bonds is 3. The van der Waals surface area contributed by atoms with Crippen molar-refractivity contribution in [2.24, 2.45) is 28.6 Å². The SMILES string of the molecule is CC12CCC3C(CCC4CC(OC(=O)N5CCN[C@H](CO)C5)CCC43C)C1=CCC2c1ccc(=O)oc1. The zero-order chi connectivity index (χ0) is 25.8. The fourth-order valence-electron chi connectivity index (χ4n) is 9.06. The number of fused-ring (bicyclic) bond motifs is 5. The molecule has 0 aromatic carbocycles. The van der Waals surface area contributed by atoms with E-state index in [2.05, 4.69) is 25.2 Å². The molecule has 202 valence electrons. The van der Waals surface area contributed by atoms with Gasteiger partial charge in [-0.05, 0) is 97.5 Å². The average molecular weight is 511 g/mol. The lowest BCUT2D eigenvalue weighted by molar-refractivity contribution is -0.0876. The van der Waals surface area contributed by atoms with Gasteiger partial charge < -0.3 is 24.5 Å². The summed E-state index contributed by atoms with van der Waals surface area (Å²) >= 11 is 0. The number of nitrogens with one attached hydrogen (secondary N) is 1. The fraction of sp³-hybridized carbons (Fsp3) is 0.733. The Bertz CT molecular complexity index is 1090. The molecule has 0 spiro atoms. The molecule has 4 fully saturated rings. The van der Waals surface area contributed by atoms with Crippen molar-refractivity contribution >= 4 is 6.09 Å². The molecule has 1 aliphatic heterocycles. The minimum Gasteiger partial charge on any atom is -0.446 e. The number of carbonyl (C=O) groups excluding carboxylic acids is 1. The number of hydrogen-bond donors (Lipinski definition) is 2. The number of hydrogen-bond acceptors (Lipinski definition) is 6. The molecule has 1 saturated heterocycles. The van der Waals surface area contributed by atoms with Crippen LogP contribution in [0.1, 0.15) is 76.7 Å². The van der Waals surface area contributed by atoms with Gasteiger partial charge in [0, 0.05) is 31.7 Å². The highest BCUT2D eigenvalue weighted by Crippen LogP contribution is 2.67. The normalized spacial score (nSPS) is 41.3. The lowest BCUT2D eigenvalue weighted by Gasteiger charge is -2.59. The number of aliphatic hydroxyl groups is 1. The molecule has 1 amide bonds. The van der Waals surface area contributed by atoms with Crippen LogP contribution in [0.15, 0.2) is 39.3 Å². The molecule has 7 nitrogen and oxygen atoms in total. The van der Waals surface area contributed by atoms with E-state index in [1.165, 1.54) is 25.7 Å². The van der Waals surface area contributed by atoms with Crippen LogP contribution in [0.5, 0.6) is 0 Å². The zero-order valence-electron chi connectivity index (χ0n) is 22.3. The zero-order valence-corrected chi connectivity index (χ0v) is 22.3. The minimum atomic E-state index is -0.279. The third kappa shape index (κ3) is 4.26. The van der Waals surface area contributed by atoms with Gasteiger partial charge in [-0.3, -0.25) is 0 Å². The number of nitrogens with zero attached hydrogens (tertiary/aromatic N) is 1. The first-order valence-corrected chi connectivity index (χ1v) is 14.4. The topological polar surface area (TPSA) is 92.0 Å². The summed E-state index contributed by atoms with van der Waals surface area (Å²) in [5.41, 5.74) is 2.97. The van der Waals surface area contributed by atoms with Crippen LogP contribution in [-0.2, 0) is 4.74 Å². The minimum absolute atomic E-state index is 0.00116. The van der Waals surface area contributed by atoms with Gasteiger partial charge in [0.2, 0.25) is 0 Å². The summed E-state index contributed by atoms with van der Waals surface area (Å²) in [7, 11) is 0. The first-order chi connectivity index (χ1) is 17.8. The van der Waals surface area contributed by atoms with Gasteiger partial charge in [-0.2, -0.15) is 0 Å². The maximum absolute atomic E-state index is 12.9. The van der Waals surface area contributed by atoms with E-state index in [4.69, 9.17) is 9.15 Å². The van der Waals surface area contributed by atoms with Crippen LogP contribution in [0.4, 0.5) is 4.79 Å². The van der Waals surface area contributed by atoms with Gasteiger partial charge in [0.05, 0.1) is 12.9 Å². The second kappa shape index (κ2) is 9.57. The van der Waals surface area contributed by atoms with Crippen LogP contribution < -0.4 is 10.9 Å². The third-order valence-corrected chi connectivity index (χ3v) is 11.1. The highest BCUT2D eigenvalue weighted by molar-refractivity contribution is 5.68. The Morgan fingerprint density at radius 1 is 1.22 bits per heavy atom. The number of ether oxygens (including phenoxy) is 1. The number of piperazine rings is 1. The Morgan fingerprint density at radius 2 is 2.08 bits per heavy atom. The summed E-state index contributed by atoms with van der Waals surface area (Å²) in [5, 5.41) is 12.7. The van der Waals surface area contributed by atoms with Gasteiger partial charge in [-0.15, -0.1) is 0 Å². The van der Waals surface area contributed by atoms with Crippen molar-refractivity contribution in [3.63, 3.8) is 0 Å². The summed E-state index contributed by atoms with van der Waals surface area (Å²) < 4.78 is 11.3. The van der Waals surface area contributed by atoms with E-state index >= 15 is 0 Å². The summed E-state index contributed by atoms with van der Waals surface area (Å²) in [6.07, 6.45) is 12.9. The maximum atomic E-state index is 12.9. The monoisotopic (exact) mass is 510 g/mol. The van der Waals surface area contributed by atoms with E-state index in [1.54, 1.807) is 22.8 Å². The molecule has 5 aliphatic rings. The Morgan fingerprint density at radius 3 is 2.86 bits per heavy atom. The Labute approximate surface area is 219 Å². The maximum Gasteiger partial charge on any atom is 0.410 e. The second-order valence-corrected chi connectivity index (χ2v) is 12.8. The van der Waals surface area contributed by atoms with Gasteiger partial charge in [-0.25, -0.2) is 9.59 Å². The number of amides is 1. The molecule has 0 radical (unpaired) electrons. The van der Waals surface area contributed by atoms with Gasteiger partial charge in [-0.1, -0.05) is 25.5 Å². The van der Waals surface area contributed by atoms with Gasteiger partial charge in [0.15, 0.2) is 0 Å². The predicted octanol–water partition coefficient (Wildman–Crippen LogP) is 4.46. The molecule has 7 unspecified atom stereocenters. The Balaban J connectivity index is 1.12. The van der Waals surface area contributed by atoms with Crippen molar-refractivity contribution < 1.29 is 19.1 Å². The molecular formula is C30H42N2O5. The molecule has 1 aromatic rings. The Hall–Kier alpha value is -2.12. The number of allylic oxidation sites excluding steroid dienone is 2. The smallest absolute Gasteiger partial charge is 0.410 e. The molecule has 4 aliphatic carbocycles. The third-order valence-electron chi connectivity index (χ3n) is 11.1. The summed E-state index contributed by atoms with van der Waals surface area (Å²) in [5.74, 6) is 2.31.